The average Bonchev–Trinajstić information content (AvgIpc) is 2.87. The monoisotopic (exact) mass is 496 g/mol. The van der Waals surface area contributed by atoms with E-state index in [-0.39, 0.29) is 30.0 Å². The van der Waals surface area contributed by atoms with Crippen LogP contribution in [0.25, 0.3) is 0 Å². The van der Waals surface area contributed by atoms with Gasteiger partial charge in [-0.2, -0.15) is 0 Å². The zero-order valence-electron chi connectivity index (χ0n) is 21.0. The van der Waals surface area contributed by atoms with Crippen LogP contribution in [-0.4, -0.2) is 79.9 Å². The fourth-order valence-electron chi connectivity index (χ4n) is 4.03. The number of nitrogens with zero attached hydrogens (tertiary/aromatic N) is 2. The molecule has 3 rings (SSSR count). The van der Waals surface area contributed by atoms with Crippen molar-refractivity contribution >= 4 is 29.3 Å². The number of Topliss-reactive ketones (excluding diaryl/α,β-unsaturated/α-hetero) is 1. The van der Waals surface area contributed by atoms with Crippen molar-refractivity contribution in [3.8, 4) is 11.5 Å². The summed E-state index contributed by atoms with van der Waals surface area (Å²) in [6.45, 7) is 4.26. The molecule has 4 amide bonds. The molecule has 0 aromatic heterocycles. The maximum atomic E-state index is 13.3. The summed E-state index contributed by atoms with van der Waals surface area (Å²) in [5.41, 5.74) is 1.97. The summed E-state index contributed by atoms with van der Waals surface area (Å²) >= 11 is 0. The maximum Gasteiger partial charge on any atom is 0.321 e. The van der Waals surface area contributed by atoms with Gasteiger partial charge in [0.2, 0.25) is 11.8 Å². The first-order valence-corrected chi connectivity index (χ1v) is 11.7. The standard InChI is InChI=1S/C26H32N4O6/c1-17(31)20-6-8-21(9-7-20)28-26(34)30-13-11-29(12-14-30)25(33)22(27-18(2)32)15-19-5-10-23(35-3)24(16-19)36-4/h5-10,16,22H,11-15H2,1-4H3,(H,27,32)(H,28,34)/t22-/m0/s1. The Hall–Kier alpha value is -4.08. The number of piperazine rings is 1. The molecular weight excluding hydrogens is 464 g/mol. The van der Waals surface area contributed by atoms with Crippen LogP contribution in [0.2, 0.25) is 0 Å². The first kappa shape index (κ1) is 26.5. The minimum Gasteiger partial charge on any atom is -0.493 e. The molecule has 1 saturated heterocycles. The number of hydrogen-bond donors (Lipinski definition) is 2. The molecule has 0 radical (unpaired) electrons. The molecule has 0 bridgehead atoms. The van der Waals surface area contributed by atoms with Gasteiger partial charge in [0, 0.05) is 50.8 Å². The van der Waals surface area contributed by atoms with E-state index >= 15 is 0 Å². The summed E-state index contributed by atoms with van der Waals surface area (Å²) in [5.74, 6) is 0.562. The van der Waals surface area contributed by atoms with Crippen LogP contribution in [0.5, 0.6) is 11.5 Å². The topological polar surface area (TPSA) is 117 Å². The lowest BCUT2D eigenvalue weighted by Gasteiger charge is -2.36. The first-order valence-electron chi connectivity index (χ1n) is 11.7. The van der Waals surface area contributed by atoms with Gasteiger partial charge in [0.1, 0.15) is 6.04 Å². The zero-order valence-corrected chi connectivity index (χ0v) is 21.0. The Morgan fingerprint density at radius 2 is 1.47 bits per heavy atom. The molecule has 10 nitrogen and oxygen atoms in total. The van der Waals surface area contributed by atoms with Gasteiger partial charge in [-0.1, -0.05) is 6.07 Å². The van der Waals surface area contributed by atoms with E-state index in [4.69, 9.17) is 9.47 Å². The fraction of sp³-hybridized carbons (Fsp3) is 0.385. The van der Waals surface area contributed by atoms with Crippen molar-refractivity contribution in [3.05, 3.63) is 53.6 Å². The van der Waals surface area contributed by atoms with Crippen molar-refractivity contribution in [2.24, 2.45) is 0 Å². The molecule has 192 valence electrons. The molecule has 0 unspecified atom stereocenters. The lowest BCUT2D eigenvalue weighted by Crippen LogP contribution is -2.56. The summed E-state index contributed by atoms with van der Waals surface area (Å²) in [7, 11) is 3.08. The Balaban J connectivity index is 1.60. The van der Waals surface area contributed by atoms with Gasteiger partial charge >= 0.3 is 6.03 Å². The van der Waals surface area contributed by atoms with Crippen LogP contribution in [-0.2, 0) is 16.0 Å². The van der Waals surface area contributed by atoms with Gasteiger partial charge in [-0.05, 0) is 48.9 Å². The Labute approximate surface area is 210 Å². The normalized spacial score (nSPS) is 14.0. The van der Waals surface area contributed by atoms with Crippen molar-refractivity contribution in [3.63, 3.8) is 0 Å². The highest BCUT2D eigenvalue weighted by Crippen LogP contribution is 2.28. The van der Waals surface area contributed by atoms with E-state index in [9.17, 15) is 19.2 Å². The molecule has 0 spiro atoms. The fourth-order valence-corrected chi connectivity index (χ4v) is 4.03. The number of carbonyl (C=O) groups excluding carboxylic acids is 4. The maximum absolute atomic E-state index is 13.3. The van der Waals surface area contributed by atoms with E-state index in [1.54, 1.807) is 53.3 Å². The number of benzene rings is 2. The highest BCUT2D eigenvalue weighted by molar-refractivity contribution is 5.95. The second kappa shape index (κ2) is 12.1. The predicted octanol–water partition coefficient (Wildman–Crippen LogP) is 2.33. The predicted molar refractivity (Wildman–Crippen MR) is 134 cm³/mol. The van der Waals surface area contributed by atoms with Gasteiger partial charge in [0.25, 0.3) is 0 Å². The van der Waals surface area contributed by atoms with Crippen molar-refractivity contribution in [2.75, 3.05) is 45.7 Å². The Morgan fingerprint density at radius 1 is 0.861 bits per heavy atom. The third-order valence-electron chi connectivity index (χ3n) is 5.98. The van der Waals surface area contributed by atoms with Crippen LogP contribution in [0, 0.1) is 0 Å². The summed E-state index contributed by atoms with van der Waals surface area (Å²) < 4.78 is 10.6. The molecule has 1 aliphatic rings. The number of ketones is 1. The number of urea groups is 1. The van der Waals surface area contributed by atoms with Gasteiger partial charge in [-0.3, -0.25) is 14.4 Å². The van der Waals surface area contributed by atoms with E-state index in [0.29, 0.717) is 48.9 Å². The second-order valence-corrected chi connectivity index (χ2v) is 8.52. The molecule has 10 heteroatoms. The van der Waals surface area contributed by atoms with Gasteiger partial charge < -0.3 is 29.9 Å². The Morgan fingerprint density at radius 3 is 2.03 bits per heavy atom. The summed E-state index contributed by atoms with van der Waals surface area (Å²) in [5, 5.41) is 5.57. The van der Waals surface area contributed by atoms with Crippen molar-refractivity contribution in [1.82, 2.24) is 15.1 Å². The van der Waals surface area contributed by atoms with E-state index in [1.165, 1.54) is 21.0 Å². The number of carbonyl (C=O) groups is 4. The molecule has 1 fully saturated rings. The number of rotatable bonds is 8. The molecule has 1 heterocycles. The third-order valence-corrected chi connectivity index (χ3v) is 5.98. The molecule has 2 N–H and O–H groups in total. The van der Waals surface area contributed by atoms with Crippen molar-refractivity contribution in [2.45, 2.75) is 26.3 Å². The molecule has 2 aromatic rings. The minimum atomic E-state index is -0.749. The molecule has 36 heavy (non-hydrogen) atoms. The molecule has 0 aliphatic carbocycles. The average molecular weight is 497 g/mol. The molecule has 0 saturated carbocycles. The van der Waals surface area contributed by atoms with E-state index in [1.807, 2.05) is 6.07 Å². The van der Waals surface area contributed by atoms with Crippen LogP contribution < -0.4 is 20.1 Å². The third kappa shape index (κ3) is 6.74. The van der Waals surface area contributed by atoms with Crippen molar-refractivity contribution in [1.29, 1.82) is 0 Å². The number of hydrogen-bond acceptors (Lipinski definition) is 6. The van der Waals surface area contributed by atoms with E-state index < -0.39 is 6.04 Å². The quantitative estimate of drug-likeness (QED) is 0.542. The van der Waals surface area contributed by atoms with Gasteiger partial charge in [-0.25, -0.2) is 4.79 Å². The van der Waals surface area contributed by atoms with Crippen LogP contribution in [0.4, 0.5) is 10.5 Å². The molecule has 2 aromatic carbocycles. The van der Waals surface area contributed by atoms with Crippen LogP contribution >= 0.6 is 0 Å². The lowest BCUT2D eigenvalue weighted by atomic mass is 10.0. The Bertz CT molecular complexity index is 1110. The second-order valence-electron chi connectivity index (χ2n) is 8.52. The van der Waals surface area contributed by atoms with Gasteiger partial charge in [0.05, 0.1) is 14.2 Å². The van der Waals surface area contributed by atoms with Crippen LogP contribution in [0.1, 0.15) is 29.8 Å². The smallest absolute Gasteiger partial charge is 0.321 e. The van der Waals surface area contributed by atoms with E-state index in [0.717, 1.165) is 5.56 Å². The summed E-state index contributed by atoms with van der Waals surface area (Å²) in [6.07, 6.45) is 0.287. The number of nitrogens with one attached hydrogen (secondary N) is 2. The molecule has 1 atom stereocenters. The number of methoxy groups -OCH3 is 2. The summed E-state index contributed by atoms with van der Waals surface area (Å²) in [4.78, 5) is 52.5. The zero-order chi connectivity index (χ0) is 26.2. The highest BCUT2D eigenvalue weighted by Gasteiger charge is 2.30. The number of ether oxygens (including phenoxy) is 2. The SMILES string of the molecule is COc1ccc(C[C@H](NC(C)=O)C(=O)N2CCN(C(=O)Nc3ccc(C(C)=O)cc3)CC2)cc1OC. The lowest BCUT2D eigenvalue weighted by molar-refractivity contribution is -0.137. The molecular formula is C26H32N4O6. The Kier molecular flexibility index (Phi) is 8.88. The van der Waals surface area contributed by atoms with Gasteiger partial charge in [0.15, 0.2) is 17.3 Å². The van der Waals surface area contributed by atoms with E-state index in [2.05, 4.69) is 10.6 Å². The van der Waals surface area contributed by atoms with Gasteiger partial charge in [-0.15, -0.1) is 0 Å². The van der Waals surface area contributed by atoms with Crippen LogP contribution in [0.3, 0.4) is 0 Å². The molecule has 1 aliphatic heterocycles. The number of amides is 4. The van der Waals surface area contributed by atoms with Crippen LogP contribution in [0.15, 0.2) is 42.5 Å². The largest absolute Gasteiger partial charge is 0.493 e. The number of anilines is 1. The highest BCUT2D eigenvalue weighted by atomic mass is 16.5. The minimum absolute atomic E-state index is 0.0441. The van der Waals surface area contributed by atoms with Crippen molar-refractivity contribution < 1.29 is 28.7 Å². The summed E-state index contributed by atoms with van der Waals surface area (Å²) in [6, 6.07) is 11.0. The first-order chi connectivity index (χ1) is 17.2.